The van der Waals surface area contributed by atoms with E-state index < -0.39 is 10.0 Å². The second-order valence-electron chi connectivity index (χ2n) is 7.26. The molecular formula is C19H26N4O5S. The number of nitrogens with one attached hydrogen (secondary N) is 2. The zero-order chi connectivity index (χ0) is 21.0. The molecule has 0 amide bonds. The first kappa shape index (κ1) is 21.4. The summed E-state index contributed by atoms with van der Waals surface area (Å²) in [5.41, 5.74) is 2.23. The van der Waals surface area contributed by atoms with Crippen LogP contribution in [0.3, 0.4) is 0 Å². The second-order valence-corrected chi connectivity index (χ2v) is 8.91. The van der Waals surface area contributed by atoms with E-state index in [1.54, 1.807) is 13.8 Å². The van der Waals surface area contributed by atoms with Crippen molar-refractivity contribution in [1.29, 1.82) is 0 Å². The average Bonchev–Trinajstić information content (AvgIpc) is 3.24. The minimum Gasteiger partial charge on any atom is -0.483 e. The van der Waals surface area contributed by atoms with Gasteiger partial charge in [0.15, 0.2) is 0 Å². The third-order valence-corrected chi connectivity index (χ3v) is 7.02. The lowest BCUT2D eigenvalue weighted by Crippen LogP contribution is -2.43. The first-order chi connectivity index (χ1) is 13.9. The third kappa shape index (κ3) is 4.84. The van der Waals surface area contributed by atoms with Gasteiger partial charge in [-0.2, -0.15) is 5.10 Å². The van der Waals surface area contributed by atoms with E-state index in [0.29, 0.717) is 24.5 Å². The molecule has 2 aromatic rings. The normalized spacial score (nSPS) is 24.4. The molecule has 9 nitrogen and oxygen atoms in total. The van der Waals surface area contributed by atoms with Crippen LogP contribution in [0.2, 0.25) is 0 Å². The Morgan fingerprint density at radius 2 is 1.97 bits per heavy atom. The van der Waals surface area contributed by atoms with Crippen LogP contribution in [0.1, 0.15) is 29.5 Å². The Hall–Kier alpha value is -2.27. The molecule has 0 aliphatic carbocycles. The molecule has 0 saturated carbocycles. The maximum Gasteiger partial charge on any atom is 0.290 e. The molecule has 2 fully saturated rings. The summed E-state index contributed by atoms with van der Waals surface area (Å²) in [5.74, 6) is 0. The zero-order valence-electron chi connectivity index (χ0n) is 16.4. The molecule has 2 aliphatic rings. The number of ether oxygens (including phenoxy) is 1. The second kappa shape index (κ2) is 9.04. The molecule has 0 unspecified atom stereocenters. The van der Waals surface area contributed by atoms with Crippen LogP contribution in [0, 0.1) is 13.8 Å². The summed E-state index contributed by atoms with van der Waals surface area (Å²) in [6, 6.07) is 10.3. The SMILES string of the molecule is Cc1n[nH]c(C)c1S(=O)(=O)N[C@@H]1C[C@H]2CO[C@@H](c3ccccc3)CN2C1.O=CO. The van der Waals surface area contributed by atoms with E-state index in [2.05, 4.69) is 32.0 Å². The number of benzene rings is 1. The van der Waals surface area contributed by atoms with Crippen LogP contribution in [0.15, 0.2) is 35.2 Å². The number of fused-ring (bicyclic) bond motifs is 1. The highest BCUT2D eigenvalue weighted by Crippen LogP contribution is 2.31. The van der Waals surface area contributed by atoms with Crippen molar-refractivity contribution in [3.63, 3.8) is 0 Å². The molecular weight excluding hydrogens is 396 g/mol. The Morgan fingerprint density at radius 3 is 2.59 bits per heavy atom. The van der Waals surface area contributed by atoms with Gasteiger partial charge in [-0.3, -0.25) is 14.8 Å². The molecule has 29 heavy (non-hydrogen) atoms. The van der Waals surface area contributed by atoms with Crippen LogP contribution in [-0.2, 0) is 19.6 Å². The van der Waals surface area contributed by atoms with Gasteiger partial charge in [0, 0.05) is 25.2 Å². The Balaban J connectivity index is 0.000000755. The first-order valence-electron chi connectivity index (χ1n) is 9.38. The number of nitrogens with zero attached hydrogens (tertiary/aromatic N) is 2. The van der Waals surface area contributed by atoms with E-state index in [4.69, 9.17) is 14.6 Å². The summed E-state index contributed by atoms with van der Waals surface area (Å²) < 4.78 is 34.4. The third-order valence-electron chi connectivity index (χ3n) is 5.24. The van der Waals surface area contributed by atoms with E-state index in [1.165, 1.54) is 5.56 Å². The van der Waals surface area contributed by atoms with E-state index in [9.17, 15) is 8.42 Å². The fraction of sp³-hybridized carbons (Fsp3) is 0.474. The number of carboxylic acid groups (broad SMARTS) is 1. The van der Waals surface area contributed by atoms with Gasteiger partial charge in [-0.15, -0.1) is 0 Å². The molecule has 2 aliphatic heterocycles. The predicted octanol–water partition coefficient (Wildman–Crippen LogP) is 1.22. The molecule has 0 spiro atoms. The van der Waals surface area contributed by atoms with Crippen molar-refractivity contribution >= 4 is 16.5 Å². The Morgan fingerprint density at radius 1 is 1.28 bits per heavy atom. The van der Waals surface area contributed by atoms with E-state index in [1.807, 2.05) is 18.2 Å². The zero-order valence-corrected chi connectivity index (χ0v) is 17.2. The van der Waals surface area contributed by atoms with Crippen molar-refractivity contribution in [3.8, 4) is 0 Å². The molecule has 0 radical (unpaired) electrons. The number of aromatic nitrogens is 2. The monoisotopic (exact) mass is 422 g/mol. The van der Waals surface area contributed by atoms with Crippen molar-refractivity contribution in [2.75, 3.05) is 19.7 Å². The van der Waals surface area contributed by atoms with Crippen molar-refractivity contribution in [1.82, 2.24) is 19.8 Å². The number of H-pyrrole nitrogens is 1. The summed E-state index contributed by atoms with van der Waals surface area (Å²) in [6.45, 7) is 5.30. The van der Waals surface area contributed by atoms with Crippen LogP contribution in [0.25, 0.3) is 0 Å². The number of carbonyl (C=O) groups is 1. The lowest BCUT2D eigenvalue weighted by atomic mass is 10.1. The topological polar surface area (TPSA) is 125 Å². The molecule has 10 heteroatoms. The number of aromatic amines is 1. The fourth-order valence-corrected chi connectivity index (χ4v) is 5.65. The summed E-state index contributed by atoms with van der Waals surface area (Å²) in [6.07, 6.45) is 0.803. The number of aryl methyl sites for hydroxylation is 2. The maximum atomic E-state index is 12.8. The minimum absolute atomic E-state index is 0.0427. The van der Waals surface area contributed by atoms with Crippen molar-refractivity contribution in [2.24, 2.45) is 0 Å². The van der Waals surface area contributed by atoms with Crippen LogP contribution in [0.4, 0.5) is 0 Å². The van der Waals surface area contributed by atoms with Gasteiger partial charge in [0.1, 0.15) is 4.90 Å². The van der Waals surface area contributed by atoms with Gasteiger partial charge >= 0.3 is 0 Å². The van der Waals surface area contributed by atoms with Gasteiger partial charge in [-0.25, -0.2) is 13.1 Å². The van der Waals surface area contributed by atoms with E-state index in [-0.39, 0.29) is 29.6 Å². The minimum atomic E-state index is -3.58. The van der Waals surface area contributed by atoms with Crippen LogP contribution in [0.5, 0.6) is 0 Å². The van der Waals surface area contributed by atoms with Crippen molar-refractivity contribution in [2.45, 2.75) is 43.4 Å². The van der Waals surface area contributed by atoms with Crippen molar-refractivity contribution < 1.29 is 23.1 Å². The van der Waals surface area contributed by atoms with Crippen molar-refractivity contribution in [3.05, 3.63) is 47.3 Å². The molecule has 3 atom stereocenters. The van der Waals surface area contributed by atoms with Crippen LogP contribution in [-0.4, -0.2) is 66.9 Å². The lowest BCUT2D eigenvalue weighted by Gasteiger charge is -2.35. The largest absolute Gasteiger partial charge is 0.483 e. The maximum absolute atomic E-state index is 12.8. The van der Waals surface area contributed by atoms with Gasteiger partial charge in [-0.1, -0.05) is 30.3 Å². The molecule has 2 saturated heterocycles. The highest BCUT2D eigenvalue weighted by atomic mass is 32.2. The van der Waals surface area contributed by atoms with Gasteiger partial charge in [0.25, 0.3) is 6.47 Å². The molecule has 158 valence electrons. The van der Waals surface area contributed by atoms with Gasteiger partial charge in [0.05, 0.1) is 24.1 Å². The number of hydrogen-bond acceptors (Lipinski definition) is 6. The number of sulfonamides is 1. The quantitative estimate of drug-likeness (QED) is 0.633. The van der Waals surface area contributed by atoms with Gasteiger partial charge < -0.3 is 9.84 Å². The van der Waals surface area contributed by atoms with Gasteiger partial charge in [-0.05, 0) is 25.8 Å². The molecule has 0 bridgehead atoms. The molecule has 1 aromatic carbocycles. The summed E-state index contributed by atoms with van der Waals surface area (Å²) in [5, 5.41) is 13.6. The van der Waals surface area contributed by atoms with Crippen LogP contribution < -0.4 is 4.72 Å². The predicted molar refractivity (Wildman–Crippen MR) is 106 cm³/mol. The highest BCUT2D eigenvalue weighted by Gasteiger charge is 2.39. The summed E-state index contributed by atoms with van der Waals surface area (Å²) in [7, 11) is -3.58. The number of hydrogen-bond donors (Lipinski definition) is 3. The Bertz CT molecular complexity index is 912. The molecule has 1 aromatic heterocycles. The Kier molecular flexibility index (Phi) is 6.68. The van der Waals surface area contributed by atoms with E-state index >= 15 is 0 Å². The fourth-order valence-electron chi connectivity index (χ4n) is 4.04. The smallest absolute Gasteiger partial charge is 0.290 e. The Labute approximate surface area is 170 Å². The lowest BCUT2D eigenvalue weighted by molar-refractivity contribution is -0.122. The van der Waals surface area contributed by atoms with Crippen LogP contribution >= 0.6 is 0 Å². The average molecular weight is 423 g/mol. The first-order valence-corrected chi connectivity index (χ1v) is 10.9. The molecule has 3 heterocycles. The molecule has 4 rings (SSSR count). The van der Waals surface area contributed by atoms with E-state index in [0.717, 1.165) is 13.0 Å². The number of morpholine rings is 1. The summed E-state index contributed by atoms with van der Waals surface area (Å²) in [4.78, 5) is 11.0. The van der Waals surface area contributed by atoms with Gasteiger partial charge in [0.2, 0.25) is 10.0 Å². The molecule has 3 N–H and O–H groups in total. The standard InChI is InChI=1S/C18H24N4O3S.CH2O2/c1-12-18(13(2)20-19-12)26(23,24)21-15-8-16-11-25-17(10-22(16)9-15)14-6-4-3-5-7-14;2-1-3/h3-7,15-17,21H,8-11H2,1-2H3,(H,19,20);1H,(H,2,3)/t15-,16+,17-;/m1./s1. The summed E-state index contributed by atoms with van der Waals surface area (Å²) >= 11 is 0. The number of rotatable bonds is 4. The highest BCUT2D eigenvalue weighted by molar-refractivity contribution is 7.89.